The van der Waals surface area contributed by atoms with Crippen molar-refractivity contribution >= 4 is 28.2 Å². The summed E-state index contributed by atoms with van der Waals surface area (Å²) in [5, 5.41) is 4.97. The minimum Gasteiger partial charge on any atom is -0.492 e. The molecule has 2 fully saturated rings. The molecule has 1 amide bonds. The molecule has 8 nitrogen and oxygen atoms in total. The van der Waals surface area contributed by atoms with Crippen LogP contribution in [0.2, 0.25) is 0 Å². The Hall–Kier alpha value is -3.20. The van der Waals surface area contributed by atoms with E-state index in [1.54, 1.807) is 6.20 Å². The lowest BCUT2D eigenvalue weighted by Gasteiger charge is -2.45. The molecule has 0 aliphatic carbocycles. The number of anilines is 2. The smallest absolute Gasteiger partial charge is 0.275 e. The summed E-state index contributed by atoms with van der Waals surface area (Å²) in [5.41, 5.74) is 0.851. The Morgan fingerprint density at radius 3 is 2.56 bits per heavy atom. The molecule has 2 aromatic heterocycles. The predicted molar refractivity (Wildman–Crippen MR) is 121 cm³/mol. The first-order chi connectivity index (χ1) is 15.5. The van der Waals surface area contributed by atoms with Gasteiger partial charge in [-0.15, -0.1) is 0 Å². The Morgan fingerprint density at radius 2 is 1.91 bits per heavy atom. The summed E-state index contributed by atoms with van der Waals surface area (Å²) in [6, 6.07) is 3.83. The second-order valence-electron chi connectivity index (χ2n) is 8.63. The highest BCUT2D eigenvalue weighted by atomic mass is 19.1. The number of benzene rings is 1. The highest BCUT2D eigenvalue weighted by Gasteiger charge is 2.34. The highest BCUT2D eigenvalue weighted by Crippen LogP contribution is 2.31. The maximum absolute atomic E-state index is 12.9. The number of nitrogens with one attached hydrogen (secondary N) is 1. The van der Waals surface area contributed by atoms with Gasteiger partial charge in [0.25, 0.3) is 5.91 Å². The number of carbonyl (C=O) groups is 1. The number of hydrogen-bond donors (Lipinski definition) is 1. The van der Waals surface area contributed by atoms with E-state index in [0.717, 1.165) is 36.2 Å². The topological polar surface area (TPSA) is 75.5 Å². The van der Waals surface area contributed by atoms with Gasteiger partial charge in [-0.25, -0.2) is 14.4 Å². The number of halogens is 1. The fraction of sp³-hybridized carbons (Fsp3) is 0.435. The maximum atomic E-state index is 12.9. The standard InChI is InChI=1S/C23H27FN6O2/c1-3-32-21-5-17-12-28(2)11-16(17)4-19(21)27-23(31)20-6-26-22(7-25-20)30-9-15(10-30)8-29-13-18(24)14-29/h4-7,11-12,15,18H,3,8-10,13-14H2,1-2H3,(H,27,31). The predicted octanol–water partition coefficient (Wildman–Crippen LogP) is 2.71. The van der Waals surface area contributed by atoms with E-state index >= 15 is 0 Å². The van der Waals surface area contributed by atoms with Crippen LogP contribution in [-0.4, -0.2) is 70.8 Å². The van der Waals surface area contributed by atoms with Crippen molar-refractivity contribution in [3.8, 4) is 5.75 Å². The monoisotopic (exact) mass is 438 g/mol. The molecule has 0 unspecified atom stereocenters. The Balaban J connectivity index is 1.22. The number of aryl methyl sites for hydroxylation is 1. The Labute approximate surface area is 186 Å². The van der Waals surface area contributed by atoms with Crippen LogP contribution in [0, 0.1) is 5.92 Å². The summed E-state index contributed by atoms with van der Waals surface area (Å²) in [6.07, 6.45) is 6.48. The molecule has 0 spiro atoms. The van der Waals surface area contributed by atoms with E-state index in [9.17, 15) is 9.18 Å². The second kappa shape index (κ2) is 8.38. The van der Waals surface area contributed by atoms with Crippen LogP contribution in [0.15, 0.2) is 36.9 Å². The summed E-state index contributed by atoms with van der Waals surface area (Å²) >= 11 is 0. The molecule has 9 heteroatoms. The van der Waals surface area contributed by atoms with Gasteiger partial charge in [-0.2, -0.15) is 0 Å². The number of ether oxygens (including phenoxy) is 1. The van der Waals surface area contributed by atoms with Crippen LogP contribution in [0.25, 0.3) is 10.8 Å². The van der Waals surface area contributed by atoms with Crippen LogP contribution in [-0.2, 0) is 7.05 Å². The number of rotatable bonds is 7. The zero-order valence-electron chi connectivity index (χ0n) is 18.3. The highest BCUT2D eigenvalue weighted by molar-refractivity contribution is 6.05. The minimum atomic E-state index is -0.657. The number of alkyl halides is 1. The first-order valence-corrected chi connectivity index (χ1v) is 11.0. The van der Waals surface area contributed by atoms with E-state index in [0.29, 0.717) is 37.1 Å². The summed E-state index contributed by atoms with van der Waals surface area (Å²) in [7, 11) is 1.96. The van der Waals surface area contributed by atoms with Crippen molar-refractivity contribution in [1.29, 1.82) is 0 Å². The molecule has 2 aliphatic heterocycles. The maximum Gasteiger partial charge on any atom is 0.275 e. The third-order valence-corrected chi connectivity index (χ3v) is 6.00. The molecular formula is C23H27FN6O2. The number of hydrogen-bond acceptors (Lipinski definition) is 6. The van der Waals surface area contributed by atoms with Gasteiger partial charge in [-0.3, -0.25) is 9.69 Å². The lowest BCUT2D eigenvalue weighted by molar-refractivity contribution is 0.0473. The molecule has 5 rings (SSSR count). The van der Waals surface area contributed by atoms with E-state index < -0.39 is 6.17 Å². The summed E-state index contributed by atoms with van der Waals surface area (Å²) in [6.45, 7) is 6.21. The van der Waals surface area contributed by atoms with Crippen molar-refractivity contribution in [3.63, 3.8) is 0 Å². The molecular weight excluding hydrogens is 411 g/mol. The number of fused-ring (bicyclic) bond motifs is 1. The van der Waals surface area contributed by atoms with Crippen LogP contribution >= 0.6 is 0 Å². The van der Waals surface area contributed by atoms with Gasteiger partial charge in [0.2, 0.25) is 0 Å². The molecule has 0 saturated carbocycles. The van der Waals surface area contributed by atoms with E-state index in [2.05, 4.69) is 25.1 Å². The van der Waals surface area contributed by atoms with Crippen molar-refractivity contribution in [2.45, 2.75) is 13.1 Å². The zero-order chi connectivity index (χ0) is 22.2. The van der Waals surface area contributed by atoms with Gasteiger partial charge >= 0.3 is 0 Å². The van der Waals surface area contributed by atoms with Crippen LogP contribution in [0.4, 0.5) is 15.9 Å². The largest absolute Gasteiger partial charge is 0.492 e. The van der Waals surface area contributed by atoms with Crippen molar-refractivity contribution in [1.82, 2.24) is 19.4 Å². The molecule has 1 N–H and O–H groups in total. The van der Waals surface area contributed by atoms with Crippen LogP contribution in [0.3, 0.4) is 0 Å². The molecule has 1 aromatic carbocycles. The Bertz CT molecular complexity index is 1120. The normalized spacial score (nSPS) is 17.3. The minimum absolute atomic E-state index is 0.246. The van der Waals surface area contributed by atoms with Crippen molar-refractivity contribution < 1.29 is 13.9 Å². The first-order valence-electron chi connectivity index (χ1n) is 11.0. The molecule has 32 heavy (non-hydrogen) atoms. The number of nitrogens with zero attached hydrogens (tertiary/aromatic N) is 5. The Kier molecular flexibility index (Phi) is 5.42. The third-order valence-electron chi connectivity index (χ3n) is 6.00. The molecule has 0 bridgehead atoms. The zero-order valence-corrected chi connectivity index (χ0v) is 18.3. The number of aromatic nitrogens is 3. The van der Waals surface area contributed by atoms with Gasteiger partial charge in [0.1, 0.15) is 23.4 Å². The molecule has 0 radical (unpaired) electrons. The van der Waals surface area contributed by atoms with Crippen molar-refractivity contribution in [2.24, 2.45) is 13.0 Å². The average molecular weight is 439 g/mol. The van der Waals surface area contributed by atoms with E-state index in [-0.39, 0.29) is 11.6 Å². The lowest BCUT2D eigenvalue weighted by Crippen LogP contribution is -2.57. The van der Waals surface area contributed by atoms with Crippen LogP contribution in [0.1, 0.15) is 17.4 Å². The van der Waals surface area contributed by atoms with Gasteiger partial charge in [-0.05, 0) is 19.1 Å². The summed E-state index contributed by atoms with van der Waals surface area (Å²) in [5.74, 6) is 1.57. The Morgan fingerprint density at radius 1 is 1.16 bits per heavy atom. The lowest BCUT2D eigenvalue weighted by atomic mass is 9.98. The summed E-state index contributed by atoms with van der Waals surface area (Å²) in [4.78, 5) is 25.8. The van der Waals surface area contributed by atoms with Crippen LogP contribution < -0.4 is 15.0 Å². The van der Waals surface area contributed by atoms with Crippen molar-refractivity contribution in [3.05, 3.63) is 42.6 Å². The molecule has 2 aliphatic rings. The first kappa shape index (κ1) is 20.7. The van der Waals surface area contributed by atoms with Crippen molar-refractivity contribution in [2.75, 3.05) is 49.5 Å². The third kappa shape index (κ3) is 4.12. The van der Waals surface area contributed by atoms with E-state index in [4.69, 9.17) is 4.74 Å². The van der Waals surface area contributed by atoms with Gasteiger partial charge in [0.05, 0.1) is 24.7 Å². The van der Waals surface area contributed by atoms with E-state index in [1.807, 2.05) is 43.1 Å². The SMILES string of the molecule is CCOc1cc2cn(C)cc2cc1NC(=O)c1cnc(N2CC(CN3CC(F)C3)C2)cn1. The number of likely N-dealkylation sites (tertiary alicyclic amines) is 1. The fourth-order valence-electron chi connectivity index (χ4n) is 4.37. The molecule has 2 saturated heterocycles. The quantitative estimate of drug-likeness (QED) is 0.611. The molecule has 0 atom stereocenters. The van der Waals surface area contributed by atoms with Gasteiger partial charge in [-0.1, -0.05) is 0 Å². The number of amides is 1. The van der Waals surface area contributed by atoms with Gasteiger partial charge in [0.15, 0.2) is 0 Å². The second-order valence-corrected chi connectivity index (χ2v) is 8.63. The van der Waals surface area contributed by atoms with Gasteiger partial charge in [0, 0.05) is 68.9 Å². The molecule has 3 aromatic rings. The summed E-state index contributed by atoms with van der Waals surface area (Å²) < 4.78 is 20.6. The number of carbonyl (C=O) groups excluding carboxylic acids is 1. The van der Waals surface area contributed by atoms with Crippen LogP contribution in [0.5, 0.6) is 5.75 Å². The fourth-order valence-corrected chi connectivity index (χ4v) is 4.37. The van der Waals surface area contributed by atoms with Gasteiger partial charge < -0.3 is 19.5 Å². The van der Waals surface area contributed by atoms with E-state index in [1.165, 1.54) is 6.20 Å². The molecule has 168 valence electrons. The average Bonchev–Trinajstić information content (AvgIpc) is 3.08. The molecule has 4 heterocycles.